The van der Waals surface area contributed by atoms with Crippen molar-refractivity contribution in [3.8, 4) is 0 Å². The molecule has 106 valence electrons. The van der Waals surface area contributed by atoms with Gasteiger partial charge in [0.2, 0.25) is 0 Å². The lowest BCUT2D eigenvalue weighted by atomic mass is 10.1. The zero-order valence-electron chi connectivity index (χ0n) is 10.3. The zero-order valence-corrected chi connectivity index (χ0v) is 10.3. The van der Waals surface area contributed by atoms with Crippen LogP contribution in [-0.4, -0.2) is 23.8 Å². The lowest BCUT2D eigenvalue weighted by Gasteiger charge is -2.14. The topological polar surface area (TPSA) is 61.4 Å². The van der Waals surface area contributed by atoms with Crippen LogP contribution >= 0.6 is 0 Å². The SMILES string of the molecule is CC(O)CNC(=O)NCc1ccccc1C(F)(F)F. The number of rotatable bonds is 4. The highest BCUT2D eigenvalue weighted by Crippen LogP contribution is 2.31. The molecule has 3 N–H and O–H groups in total. The molecule has 19 heavy (non-hydrogen) atoms. The summed E-state index contributed by atoms with van der Waals surface area (Å²) in [6.45, 7) is 1.29. The monoisotopic (exact) mass is 276 g/mol. The molecule has 0 fully saturated rings. The van der Waals surface area contributed by atoms with Crippen molar-refractivity contribution in [3.05, 3.63) is 35.4 Å². The molecular weight excluding hydrogens is 261 g/mol. The predicted molar refractivity (Wildman–Crippen MR) is 63.4 cm³/mol. The summed E-state index contributed by atoms with van der Waals surface area (Å²) in [5.41, 5.74) is -0.784. The van der Waals surface area contributed by atoms with Gasteiger partial charge in [-0.15, -0.1) is 0 Å². The van der Waals surface area contributed by atoms with E-state index in [2.05, 4.69) is 10.6 Å². The fraction of sp³-hybridized carbons (Fsp3) is 0.417. The third-order valence-electron chi connectivity index (χ3n) is 2.32. The van der Waals surface area contributed by atoms with E-state index >= 15 is 0 Å². The molecule has 1 aromatic carbocycles. The molecule has 1 unspecified atom stereocenters. The molecule has 1 rings (SSSR count). The first-order chi connectivity index (χ1) is 8.80. The minimum atomic E-state index is -4.45. The van der Waals surface area contributed by atoms with E-state index < -0.39 is 23.9 Å². The Morgan fingerprint density at radius 1 is 1.32 bits per heavy atom. The number of carbonyl (C=O) groups excluding carboxylic acids is 1. The van der Waals surface area contributed by atoms with Crippen LogP contribution in [0.1, 0.15) is 18.1 Å². The first kappa shape index (κ1) is 15.3. The number of hydrogen-bond acceptors (Lipinski definition) is 2. The van der Waals surface area contributed by atoms with E-state index in [1.807, 2.05) is 0 Å². The van der Waals surface area contributed by atoms with Crippen molar-refractivity contribution >= 4 is 6.03 Å². The third-order valence-corrected chi connectivity index (χ3v) is 2.32. The summed E-state index contributed by atoms with van der Waals surface area (Å²) in [4.78, 5) is 11.3. The second-order valence-electron chi connectivity index (χ2n) is 4.07. The molecule has 1 atom stereocenters. The van der Waals surface area contributed by atoms with Crippen LogP contribution in [0.4, 0.5) is 18.0 Å². The molecule has 2 amide bonds. The van der Waals surface area contributed by atoms with E-state index in [4.69, 9.17) is 5.11 Å². The fourth-order valence-corrected chi connectivity index (χ4v) is 1.43. The normalized spacial score (nSPS) is 12.9. The molecule has 0 aliphatic carbocycles. The molecule has 0 saturated heterocycles. The molecule has 0 aliphatic rings. The van der Waals surface area contributed by atoms with Gasteiger partial charge in [0.25, 0.3) is 0 Å². The fourth-order valence-electron chi connectivity index (χ4n) is 1.43. The van der Waals surface area contributed by atoms with E-state index in [1.165, 1.54) is 25.1 Å². The number of alkyl halides is 3. The average molecular weight is 276 g/mol. The van der Waals surface area contributed by atoms with Crippen molar-refractivity contribution in [3.63, 3.8) is 0 Å². The van der Waals surface area contributed by atoms with Crippen LogP contribution in [-0.2, 0) is 12.7 Å². The molecule has 4 nitrogen and oxygen atoms in total. The Bertz CT molecular complexity index is 433. The lowest BCUT2D eigenvalue weighted by Crippen LogP contribution is -2.38. The molecule has 0 bridgehead atoms. The quantitative estimate of drug-likeness (QED) is 0.786. The van der Waals surface area contributed by atoms with Crippen molar-refractivity contribution in [2.24, 2.45) is 0 Å². The van der Waals surface area contributed by atoms with Crippen LogP contribution in [0, 0.1) is 0 Å². The number of hydrogen-bond donors (Lipinski definition) is 3. The van der Waals surface area contributed by atoms with Crippen molar-refractivity contribution in [1.82, 2.24) is 10.6 Å². The molecule has 0 aliphatic heterocycles. The van der Waals surface area contributed by atoms with Gasteiger partial charge in [-0.2, -0.15) is 13.2 Å². The van der Waals surface area contributed by atoms with Gasteiger partial charge in [-0.1, -0.05) is 18.2 Å². The van der Waals surface area contributed by atoms with Crippen LogP contribution < -0.4 is 10.6 Å². The first-order valence-electron chi connectivity index (χ1n) is 5.65. The number of nitrogens with one attached hydrogen (secondary N) is 2. The Morgan fingerprint density at radius 3 is 2.53 bits per heavy atom. The van der Waals surface area contributed by atoms with Gasteiger partial charge >= 0.3 is 12.2 Å². The van der Waals surface area contributed by atoms with Gasteiger partial charge in [0, 0.05) is 13.1 Å². The highest BCUT2D eigenvalue weighted by molar-refractivity contribution is 5.73. The van der Waals surface area contributed by atoms with Gasteiger partial charge in [-0.25, -0.2) is 4.79 Å². The molecule has 0 aromatic heterocycles. The Kier molecular flexibility index (Phi) is 5.17. The maximum absolute atomic E-state index is 12.7. The number of urea groups is 1. The Hall–Kier alpha value is -1.76. The standard InChI is InChI=1S/C12H15F3N2O2/c1-8(18)6-16-11(19)17-7-9-4-2-3-5-10(9)12(13,14)15/h2-5,8,18H,6-7H2,1H3,(H2,16,17,19). The number of amides is 2. The average Bonchev–Trinajstić information content (AvgIpc) is 2.33. The van der Waals surface area contributed by atoms with Gasteiger partial charge in [0.05, 0.1) is 11.7 Å². The van der Waals surface area contributed by atoms with Crippen molar-refractivity contribution in [2.75, 3.05) is 6.54 Å². The summed E-state index contributed by atoms with van der Waals surface area (Å²) < 4.78 is 38.0. The van der Waals surface area contributed by atoms with Crippen molar-refractivity contribution < 1.29 is 23.1 Å². The largest absolute Gasteiger partial charge is 0.416 e. The van der Waals surface area contributed by atoms with Crippen LogP contribution in [0.3, 0.4) is 0 Å². The number of benzene rings is 1. The zero-order chi connectivity index (χ0) is 14.5. The molecule has 0 spiro atoms. The third kappa shape index (κ3) is 5.17. The van der Waals surface area contributed by atoms with E-state index in [-0.39, 0.29) is 18.7 Å². The van der Waals surface area contributed by atoms with Gasteiger partial charge in [0.15, 0.2) is 0 Å². The second kappa shape index (κ2) is 6.42. The minimum absolute atomic E-state index is 0.0119. The van der Waals surface area contributed by atoms with E-state index in [0.717, 1.165) is 6.07 Å². The summed E-state index contributed by atoms with van der Waals surface area (Å²) >= 11 is 0. The van der Waals surface area contributed by atoms with Crippen molar-refractivity contribution in [1.29, 1.82) is 0 Å². The molecule has 0 radical (unpaired) electrons. The van der Waals surface area contributed by atoms with Crippen molar-refractivity contribution in [2.45, 2.75) is 25.7 Å². The highest BCUT2D eigenvalue weighted by atomic mass is 19.4. The molecule has 1 aromatic rings. The summed E-state index contributed by atoms with van der Waals surface area (Å²) in [5, 5.41) is 13.6. The maximum atomic E-state index is 12.7. The highest BCUT2D eigenvalue weighted by Gasteiger charge is 2.32. The van der Waals surface area contributed by atoms with E-state index in [0.29, 0.717) is 0 Å². The van der Waals surface area contributed by atoms with Crippen LogP contribution in [0.2, 0.25) is 0 Å². The van der Waals surface area contributed by atoms with Gasteiger partial charge in [0.1, 0.15) is 0 Å². The van der Waals surface area contributed by atoms with Crippen LogP contribution in [0.5, 0.6) is 0 Å². The Labute approximate surface area is 108 Å². The maximum Gasteiger partial charge on any atom is 0.416 e. The lowest BCUT2D eigenvalue weighted by molar-refractivity contribution is -0.138. The van der Waals surface area contributed by atoms with E-state index in [9.17, 15) is 18.0 Å². The van der Waals surface area contributed by atoms with Gasteiger partial charge < -0.3 is 15.7 Å². The molecule has 7 heteroatoms. The summed E-state index contributed by atoms with van der Waals surface area (Å²) in [5.74, 6) is 0. The molecule has 0 saturated carbocycles. The smallest absolute Gasteiger partial charge is 0.392 e. The van der Waals surface area contributed by atoms with Crippen LogP contribution in [0.25, 0.3) is 0 Å². The predicted octanol–water partition coefficient (Wildman–Crippen LogP) is 1.89. The summed E-state index contributed by atoms with van der Waals surface area (Å²) in [6, 6.07) is 4.40. The summed E-state index contributed by atoms with van der Waals surface area (Å²) in [7, 11) is 0. The Balaban J connectivity index is 2.61. The first-order valence-corrected chi connectivity index (χ1v) is 5.65. The Morgan fingerprint density at radius 2 is 1.95 bits per heavy atom. The minimum Gasteiger partial charge on any atom is -0.392 e. The molecule has 0 heterocycles. The molecular formula is C12H15F3N2O2. The number of halogens is 3. The van der Waals surface area contributed by atoms with Gasteiger partial charge in [-0.05, 0) is 18.6 Å². The van der Waals surface area contributed by atoms with E-state index in [1.54, 1.807) is 0 Å². The second-order valence-corrected chi connectivity index (χ2v) is 4.07. The number of aliphatic hydroxyl groups is 1. The number of carbonyl (C=O) groups is 1. The number of aliphatic hydroxyl groups excluding tert-OH is 1. The van der Waals surface area contributed by atoms with Gasteiger partial charge in [-0.3, -0.25) is 0 Å². The van der Waals surface area contributed by atoms with Crippen LogP contribution in [0.15, 0.2) is 24.3 Å². The summed E-state index contributed by atoms with van der Waals surface area (Å²) in [6.07, 6.45) is -5.16.